The Bertz CT molecular complexity index is 1240. The van der Waals surface area contributed by atoms with E-state index >= 15 is 0 Å². The summed E-state index contributed by atoms with van der Waals surface area (Å²) in [5, 5.41) is 18.1. The monoisotopic (exact) mass is 457 g/mol. The Morgan fingerprint density at radius 2 is 1.91 bits per heavy atom. The van der Waals surface area contributed by atoms with E-state index in [9.17, 15) is 4.79 Å². The molecule has 0 atom stereocenters. The number of nitriles is 2. The molecule has 1 aliphatic heterocycles. The number of aromatic amines is 1. The van der Waals surface area contributed by atoms with E-state index < -0.39 is 0 Å². The molecular weight excluding hydrogens is 434 g/mol. The van der Waals surface area contributed by atoms with Gasteiger partial charge in [0.1, 0.15) is 5.82 Å². The van der Waals surface area contributed by atoms with Crippen LogP contribution in [0.3, 0.4) is 0 Å². The lowest BCUT2D eigenvalue weighted by atomic mass is 9.88. The van der Waals surface area contributed by atoms with Crippen LogP contribution >= 0.6 is 11.6 Å². The van der Waals surface area contributed by atoms with Crippen LogP contribution in [0.2, 0.25) is 5.15 Å². The minimum absolute atomic E-state index is 0.00914. The molecule has 0 aliphatic carbocycles. The summed E-state index contributed by atoms with van der Waals surface area (Å²) in [6, 6.07) is 17.7. The lowest BCUT2D eigenvalue weighted by molar-refractivity contribution is 0.0713. The first-order valence-electron chi connectivity index (χ1n) is 11.0. The first-order valence-corrected chi connectivity index (χ1v) is 11.4. The van der Waals surface area contributed by atoms with Gasteiger partial charge >= 0.3 is 0 Å². The third-order valence-electron chi connectivity index (χ3n) is 6.23. The smallest absolute Gasteiger partial charge is 0.253 e. The maximum atomic E-state index is 13.2. The molecule has 166 valence electrons. The number of carbonyl (C=O) groups excluding carboxylic acids is 1. The highest BCUT2D eigenvalue weighted by molar-refractivity contribution is 6.32. The summed E-state index contributed by atoms with van der Waals surface area (Å²) in [7, 11) is 0. The molecule has 0 bridgehead atoms. The number of nitrogens with zero attached hydrogens (tertiary/aromatic N) is 4. The summed E-state index contributed by atoms with van der Waals surface area (Å²) < 4.78 is 0. The number of aryl methyl sites for hydroxylation is 2. The maximum absolute atomic E-state index is 13.2. The van der Waals surface area contributed by atoms with Gasteiger partial charge < -0.3 is 9.88 Å². The molecule has 1 amide bonds. The molecule has 4 rings (SSSR count). The average Bonchev–Trinajstić information content (AvgIpc) is 3.22. The number of rotatable bonds is 5. The SMILES string of the molecule is Cc1ccc(C(=O)N2CCC(c3ccc(C#N)cc3)CC2)cc1-c1[nH]c(CCC#N)nc1Cl. The summed E-state index contributed by atoms with van der Waals surface area (Å²) in [5.74, 6) is 1.07. The predicted molar refractivity (Wildman–Crippen MR) is 127 cm³/mol. The number of aromatic nitrogens is 2. The van der Waals surface area contributed by atoms with Crippen molar-refractivity contribution in [2.45, 2.75) is 38.5 Å². The highest BCUT2D eigenvalue weighted by Crippen LogP contribution is 2.32. The van der Waals surface area contributed by atoms with E-state index in [4.69, 9.17) is 22.1 Å². The van der Waals surface area contributed by atoms with Crippen molar-refractivity contribution in [3.05, 3.63) is 75.7 Å². The number of carbonyl (C=O) groups is 1. The summed E-state index contributed by atoms with van der Waals surface area (Å²) in [4.78, 5) is 22.7. The van der Waals surface area contributed by atoms with E-state index in [2.05, 4.69) is 22.1 Å². The van der Waals surface area contributed by atoms with Crippen molar-refractivity contribution in [3.8, 4) is 23.4 Å². The van der Waals surface area contributed by atoms with E-state index in [0.717, 1.165) is 24.0 Å². The van der Waals surface area contributed by atoms with Crippen molar-refractivity contribution in [1.29, 1.82) is 10.5 Å². The number of nitrogens with one attached hydrogen (secondary N) is 1. The molecule has 6 nitrogen and oxygen atoms in total. The largest absolute Gasteiger partial charge is 0.341 e. The molecule has 0 saturated carbocycles. The molecule has 0 unspecified atom stereocenters. The fourth-order valence-electron chi connectivity index (χ4n) is 4.32. The van der Waals surface area contributed by atoms with Crippen LogP contribution in [0.5, 0.6) is 0 Å². The van der Waals surface area contributed by atoms with E-state index in [1.54, 1.807) is 0 Å². The van der Waals surface area contributed by atoms with Crippen molar-refractivity contribution >= 4 is 17.5 Å². The van der Waals surface area contributed by atoms with Gasteiger partial charge in [0.05, 0.1) is 23.4 Å². The van der Waals surface area contributed by atoms with Crippen molar-refractivity contribution < 1.29 is 4.79 Å². The van der Waals surface area contributed by atoms with Gasteiger partial charge in [-0.05, 0) is 61.1 Å². The van der Waals surface area contributed by atoms with Crippen LogP contribution in [0.1, 0.15) is 58.1 Å². The Morgan fingerprint density at radius 1 is 1.18 bits per heavy atom. The number of benzene rings is 2. The fourth-order valence-corrected chi connectivity index (χ4v) is 4.57. The summed E-state index contributed by atoms with van der Waals surface area (Å²) in [5.41, 5.74) is 5.02. The zero-order valence-corrected chi connectivity index (χ0v) is 19.2. The van der Waals surface area contributed by atoms with Gasteiger partial charge in [-0.1, -0.05) is 29.8 Å². The van der Waals surface area contributed by atoms with Gasteiger partial charge in [0.15, 0.2) is 5.15 Å². The fraction of sp³-hybridized carbons (Fsp3) is 0.308. The highest BCUT2D eigenvalue weighted by atomic mass is 35.5. The van der Waals surface area contributed by atoms with E-state index in [0.29, 0.717) is 59.6 Å². The zero-order valence-electron chi connectivity index (χ0n) is 18.4. The molecule has 1 aromatic heterocycles. The first-order chi connectivity index (χ1) is 16.0. The summed E-state index contributed by atoms with van der Waals surface area (Å²) in [6.45, 7) is 3.35. The number of hydrogen-bond donors (Lipinski definition) is 1. The highest BCUT2D eigenvalue weighted by Gasteiger charge is 2.25. The first kappa shape index (κ1) is 22.6. The molecule has 7 heteroatoms. The average molecular weight is 458 g/mol. The second kappa shape index (κ2) is 9.90. The van der Waals surface area contributed by atoms with Gasteiger partial charge in [-0.15, -0.1) is 0 Å². The van der Waals surface area contributed by atoms with Crippen molar-refractivity contribution in [2.24, 2.45) is 0 Å². The number of likely N-dealkylation sites (tertiary alicyclic amines) is 1. The van der Waals surface area contributed by atoms with Gasteiger partial charge in [-0.3, -0.25) is 4.79 Å². The minimum atomic E-state index is 0.00914. The van der Waals surface area contributed by atoms with Gasteiger partial charge in [0.2, 0.25) is 0 Å². The third-order valence-corrected chi connectivity index (χ3v) is 6.50. The number of hydrogen-bond acceptors (Lipinski definition) is 4. The maximum Gasteiger partial charge on any atom is 0.253 e. The van der Waals surface area contributed by atoms with Crippen molar-refractivity contribution in [1.82, 2.24) is 14.9 Å². The molecule has 1 N–H and O–H groups in total. The standard InChI is InChI=1S/C26H24ClN5O/c1-17-4-7-21(15-22(17)24-25(27)31-23(30-24)3-2-12-28)26(33)32-13-10-20(11-14-32)19-8-5-18(16-29)6-9-19/h4-9,15,20H,2-3,10-11,13-14H2,1H3,(H,30,31). The number of H-pyrrole nitrogens is 1. The second-order valence-electron chi connectivity index (χ2n) is 8.34. The Morgan fingerprint density at radius 3 is 2.58 bits per heavy atom. The molecule has 3 aromatic rings. The van der Waals surface area contributed by atoms with Crippen LogP contribution in [0, 0.1) is 29.6 Å². The number of imidazole rings is 1. The Labute approximate surface area is 198 Å². The molecule has 2 aromatic carbocycles. The number of halogens is 1. The van der Waals surface area contributed by atoms with Gasteiger partial charge in [-0.25, -0.2) is 4.98 Å². The summed E-state index contributed by atoms with van der Waals surface area (Å²) in [6.07, 6.45) is 2.65. The van der Waals surface area contributed by atoms with Crippen LogP contribution < -0.4 is 0 Å². The normalized spacial score (nSPS) is 14.0. The van der Waals surface area contributed by atoms with Crippen LogP contribution in [0.4, 0.5) is 0 Å². The molecule has 1 aliphatic rings. The number of amides is 1. The summed E-state index contributed by atoms with van der Waals surface area (Å²) >= 11 is 6.37. The molecule has 0 radical (unpaired) electrons. The second-order valence-corrected chi connectivity index (χ2v) is 8.70. The van der Waals surface area contributed by atoms with Gasteiger partial charge in [0, 0.05) is 37.1 Å². The van der Waals surface area contributed by atoms with Crippen LogP contribution in [0.25, 0.3) is 11.3 Å². The van der Waals surface area contributed by atoms with Gasteiger partial charge in [0.25, 0.3) is 5.91 Å². The predicted octanol–water partition coefficient (Wildman–Crippen LogP) is 5.39. The third kappa shape index (κ3) is 4.92. The van der Waals surface area contributed by atoms with E-state index in [1.807, 2.05) is 54.3 Å². The van der Waals surface area contributed by atoms with E-state index in [1.165, 1.54) is 5.56 Å². The molecular formula is C26H24ClN5O. The molecule has 2 heterocycles. The van der Waals surface area contributed by atoms with Crippen molar-refractivity contribution in [3.63, 3.8) is 0 Å². The Hall–Kier alpha value is -3.61. The minimum Gasteiger partial charge on any atom is -0.341 e. The molecule has 1 fully saturated rings. The van der Waals surface area contributed by atoms with Crippen LogP contribution in [-0.2, 0) is 6.42 Å². The van der Waals surface area contributed by atoms with Crippen molar-refractivity contribution in [2.75, 3.05) is 13.1 Å². The Kier molecular flexibility index (Phi) is 6.77. The van der Waals surface area contributed by atoms with Gasteiger partial charge in [-0.2, -0.15) is 10.5 Å². The molecule has 0 spiro atoms. The number of piperidine rings is 1. The van der Waals surface area contributed by atoms with Crippen LogP contribution in [0.15, 0.2) is 42.5 Å². The zero-order chi connectivity index (χ0) is 23.4. The molecule has 1 saturated heterocycles. The topological polar surface area (TPSA) is 96.6 Å². The van der Waals surface area contributed by atoms with E-state index in [-0.39, 0.29) is 5.91 Å². The van der Waals surface area contributed by atoms with Crippen LogP contribution in [-0.4, -0.2) is 33.9 Å². The molecule has 33 heavy (non-hydrogen) atoms. The lowest BCUT2D eigenvalue weighted by Gasteiger charge is -2.32. The lowest BCUT2D eigenvalue weighted by Crippen LogP contribution is -2.37. The quantitative estimate of drug-likeness (QED) is 0.555. The Balaban J connectivity index is 1.48.